The minimum atomic E-state index is -4.82. The third-order valence-electron chi connectivity index (χ3n) is 3.60. The SMILES string of the molecule is O=C(O)C1=Cc2cc(Cl)c(Oc3cccc[n+]3[O-])cc2NC1C(F)(F)F. The van der Waals surface area contributed by atoms with Crippen LogP contribution in [0.15, 0.2) is 42.1 Å². The molecule has 0 aliphatic carbocycles. The van der Waals surface area contributed by atoms with E-state index < -0.39 is 23.8 Å². The Bertz CT molecular complexity index is 915. The van der Waals surface area contributed by atoms with Crippen LogP contribution in [0.3, 0.4) is 0 Å². The standard InChI is InChI=1S/C16H10ClF3N2O4/c17-10-6-8-5-9(15(23)24)14(16(18,19)20)21-11(8)7-12(10)26-13-3-1-2-4-22(13)25/h1-7,14,21H,(H,23,24). The second-order valence-corrected chi connectivity index (χ2v) is 5.77. The molecule has 0 fully saturated rings. The maximum absolute atomic E-state index is 13.2. The molecule has 1 aromatic heterocycles. The quantitative estimate of drug-likeness (QED) is 0.622. The molecule has 1 atom stereocenters. The van der Waals surface area contributed by atoms with Gasteiger partial charge in [-0.05, 0) is 23.8 Å². The van der Waals surface area contributed by atoms with Crippen LogP contribution >= 0.6 is 11.6 Å². The predicted molar refractivity (Wildman–Crippen MR) is 86.0 cm³/mol. The van der Waals surface area contributed by atoms with Crippen molar-refractivity contribution in [3.05, 3.63) is 57.9 Å². The van der Waals surface area contributed by atoms with Crippen LogP contribution < -0.4 is 14.8 Å². The highest BCUT2D eigenvalue weighted by Gasteiger charge is 2.46. The Morgan fingerprint density at radius 3 is 2.69 bits per heavy atom. The van der Waals surface area contributed by atoms with Gasteiger partial charge in [0.1, 0.15) is 0 Å². The van der Waals surface area contributed by atoms with Gasteiger partial charge in [0.15, 0.2) is 18.0 Å². The van der Waals surface area contributed by atoms with Crippen molar-refractivity contribution in [1.82, 2.24) is 0 Å². The van der Waals surface area contributed by atoms with Gasteiger partial charge in [0.05, 0.1) is 16.7 Å². The first-order valence-electron chi connectivity index (χ1n) is 7.14. The highest BCUT2D eigenvalue weighted by molar-refractivity contribution is 6.32. The summed E-state index contributed by atoms with van der Waals surface area (Å²) >= 11 is 6.05. The summed E-state index contributed by atoms with van der Waals surface area (Å²) in [5.74, 6) is -1.88. The van der Waals surface area contributed by atoms with Gasteiger partial charge in [-0.3, -0.25) is 0 Å². The molecule has 0 spiro atoms. The summed E-state index contributed by atoms with van der Waals surface area (Å²) in [7, 11) is 0. The van der Waals surface area contributed by atoms with Crippen molar-refractivity contribution >= 4 is 29.3 Å². The second kappa shape index (κ2) is 6.41. The van der Waals surface area contributed by atoms with Crippen molar-refractivity contribution in [2.75, 3.05) is 5.32 Å². The number of alkyl halides is 3. The van der Waals surface area contributed by atoms with Crippen LogP contribution in [-0.4, -0.2) is 23.3 Å². The Balaban J connectivity index is 2.03. The largest absolute Gasteiger partial charge is 0.616 e. The monoisotopic (exact) mass is 386 g/mol. The number of halogens is 4. The van der Waals surface area contributed by atoms with Gasteiger partial charge in [0, 0.05) is 17.8 Å². The first-order valence-corrected chi connectivity index (χ1v) is 7.52. The Labute approximate surface area is 149 Å². The second-order valence-electron chi connectivity index (χ2n) is 5.36. The smallest absolute Gasteiger partial charge is 0.413 e. The molecule has 3 rings (SSSR count). The molecule has 0 saturated heterocycles. The minimum absolute atomic E-state index is 0.000788. The van der Waals surface area contributed by atoms with E-state index >= 15 is 0 Å². The van der Waals surface area contributed by atoms with Crippen LogP contribution in [-0.2, 0) is 4.79 Å². The first-order chi connectivity index (χ1) is 12.2. The lowest BCUT2D eigenvalue weighted by molar-refractivity contribution is -0.611. The van der Waals surface area contributed by atoms with Gasteiger partial charge in [-0.15, -0.1) is 4.73 Å². The van der Waals surface area contributed by atoms with Gasteiger partial charge < -0.3 is 20.4 Å². The number of fused-ring (bicyclic) bond motifs is 1. The number of aliphatic carboxylic acids is 1. The van der Waals surface area contributed by atoms with Crippen molar-refractivity contribution in [1.29, 1.82) is 0 Å². The average molecular weight is 387 g/mol. The first kappa shape index (κ1) is 17.9. The molecule has 10 heteroatoms. The van der Waals surface area contributed by atoms with E-state index in [2.05, 4.69) is 5.32 Å². The van der Waals surface area contributed by atoms with E-state index in [4.69, 9.17) is 21.4 Å². The van der Waals surface area contributed by atoms with Crippen molar-refractivity contribution in [3.63, 3.8) is 0 Å². The number of anilines is 1. The number of ether oxygens (including phenoxy) is 1. The van der Waals surface area contributed by atoms with Gasteiger partial charge >= 0.3 is 18.0 Å². The fourth-order valence-corrected chi connectivity index (χ4v) is 2.63. The molecule has 0 radical (unpaired) electrons. The Morgan fingerprint density at radius 1 is 1.35 bits per heavy atom. The molecule has 0 bridgehead atoms. The predicted octanol–water partition coefficient (Wildman–Crippen LogP) is 3.59. The molecule has 136 valence electrons. The number of hydrogen-bond acceptors (Lipinski definition) is 4. The highest BCUT2D eigenvalue weighted by atomic mass is 35.5. The minimum Gasteiger partial charge on any atom is -0.616 e. The maximum atomic E-state index is 13.2. The fourth-order valence-electron chi connectivity index (χ4n) is 2.42. The summed E-state index contributed by atoms with van der Waals surface area (Å²) in [5.41, 5.74) is -0.719. The lowest BCUT2D eigenvalue weighted by atomic mass is 9.97. The van der Waals surface area contributed by atoms with E-state index in [0.717, 1.165) is 6.08 Å². The van der Waals surface area contributed by atoms with E-state index in [0.29, 0.717) is 4.73 Å². The van der Waals surface area contributed by atoms with Crippen LogP contribution in [0.1, 0.15) is 5.56 Å². The van der Waals surface area contributed by atoms with Gasteiger partial charge in [-0.25, -0.2) is 4.79 Å². The number of nitrogens with one attached hydrogen (secondary N) is 1. The highest BCUT2D eigenvalue weighted by Crippen LogP contribution is 2.40. The van der Waals surface area contributed by atoms with Gasteiger partial charge in [0.2, 0.25) is 0 Å². The topological polar surface area (TPSA) is 85.5 Å². The molecule has 1 aliphatic rings. The van der Waals surface area contributed by atoms with Gasteiger partial charge in [-0.1, -0.05) is 11.6 Å². The molecule has 1 unspecified atom stereocenters. The van der Waals surface area contributed by atoms with E-state index in [1.54, 1.807) is 0 Å². The van der Waals surface area contributed by atoms with E-state index in [-0.39, 0.29) is 27.9 Å². The molecule has 6 nitrogen and oxygen atoms in total. The molecular formula is C16H10ClF3N2O4. The summed E-state index contributed by atoms with van der Waals surface area (Å²) in [4.78, 5) is 11.1. The van der Waals surface area contributed by atoms with Gasteiger partial charge in [0.25, 0.3) is 0 Å². The van der Waals surface area contributed by atoms with Gasteiger partial charge in [-0.2, -0.15) is 13.2 Å². The summed E-state index contributed by atoms with van der Waals surface area (Å²) in [6.45, 7) is 0. The van der Waals surface area contributed by atoms with Crippen LogP contribution in [0.2, 0.25) is 5.02 Å². The zero-order chi connectivity index (χ0) is 19.1. The summed E-state index contributed by atoms with van der Waals surface area (Å²) in [5, 5.41) is 22.8. The number of nitrogens with zero attached hydrogens (tertiary/aromatic N) is 1. The molecular weight excluding hydrogens is 377 g/mol. The Morgan fingerprint density at radius 2 is 2.08 bits per heavy atom. The van der Waals surface area contributed by atoms with Crippen LogP contribution in [0.25, 0.3) is 6.08 Å². The van der Waals surface area contributed by atoms with E-state index in [1.165, 1.54) is 36.5 Å². The molecule has 0 amide bonds. The number of pyridine rings is 1. The molecule has 2 aromatic rings. The Hall–Kier alpha value is -2.94. The third kappa shape index (κ3) is 3.38. The summed E-state index contributed by atoms with van der Waals surface area (Å²) in [6.07, 6.45) is -2.74. The lowest BCUT2D eigenvalue weighted by Crippen LogP contribution is -2.41. The molecule has 0 saturated carbocycles. The fraction of sp³-hybridized carbons (Fsp3) is 0.125. The van der Waals surface area contributed by atoms with Crippen LogP contribution in [0.5, 0.6) is 11.6 Å². The van der Waals surface area contributed by atoms with E-state index in [9.17, 15) is 23.2 Å². The summed E-state index contributed by atoms with van der Waals surface area (Å²) in [6, 6.07) is 4.42. The molecule has 2 N–H and O–H groups in total. The molecule has 1 aromatic carbocycles. The third-order valence-corrected chi connectivity index (χ3v) is 3.90. The molecule has 26 heavy (non-hydrogen) atoms. The lowest BCUT2D eigenvalue weighted by Gasteiger charge is -2.28. The Kier molecular flexibility index (Phi) is 4.41. The normalized spacial score (nSPS) is 16.3. The van der Waals surface area contributed by atoms with E-state index in [1.807, 2.05) is 0 Å². The van der Waals surface area contributed by atoms with Crippen molar-refractivity contribution in [3.8, 4) is 11.6 Å². The zero-order valence-corrected chi connectivity index (χ0v) is 13.5. The van der Waals surface area contributed by atoms with Crippen molar-refractivity contribution in [2.45, 2.75) is 12.2 Å². The number of carbonyl (C=O) groups is 1. The summed E-state index contributed by atoms with van der Waals surface area (Å²) < 4.78 is 45.3. The number of carboxylic acid groups (broad SMARTS) is 1. The number of aromatic nitrogens is 1. The number of carboxylic acids is 1. The maximum Gasteiger partial charge on any atom is 0.413 e. The zero-order valence-electron chi connectivity index (χ0n) is 12.7. The van der Waals surface area contributed by atoms with Crippen LogP contribution in [0, 0.1) is 5.21 Å². The average Bonchev–Trinajstić information content (AvgIpc) is 2.55. The number of rotatable bonds is 3. The molecule has 2 heterocycles. The number of hydrogen-bond donors (Lipinski definition) is 2. The number of benzene rings is 1. The molecule has 1 aliphatic heterocycles. The van der Waals surface area contributed by atoms with Crippen molar-refractivity contribution in [2.24, 2.45) is 0 Å². The van der Waals surface area contributed by atoms with Crippen LogP contribution in [0.4, 0.5) is 18.9 Å². The van der Waals surface area contributed by atoms with Crippen molar-refractivity contribution < 1.29 is 32.5 Å².